The second-order valence-corrected chi connectivity index (χ2v) is 6.53. The molecule has 4 rings (SSSR count). The van der Waals surface area contributed by atoms with Crippen LogP contribution in [0.2, 0.25) is 0 Å². The van der Waals surface area contributed by atoms with Crippen LogP contribution in [0.15, 0.2) is 42.6 Å². The summed E-state index contributed by atoms with van der Waals surface area (Å²) in [5, 5.41) is 0.870. The molecule has 0 amide bonds. The molecule has 6 nitrogen and oxygen atoms in total. The first-order chi connectivity index (χ1) is 11.5. The van der Waals surface area contributed by atoms with Crippen LogP contribution >= 0.6 is 0 Å². The minimum Gasteiger partial charge on any atom is -0.497 e. The number of methoxy groups -OCH3 is 1. The van der Waals surface area contributed by atoms with Gasteiger partial charge in [0.25, 0.3) is 0 Å². The molecule has 0 radical (unpaired) electrons. The topological polar surface area (TPSA) is 74.7 Å². The predicted octanol–water partition coefficient (Wildman–Crippen LogP) is 3.23. The monoisotopic (exact) mass is 343 g/mol. The average molecular weight is 343 g/mol. The fourth-order valence-corrected chi connectivity index (χ4v) is 3.66. The highest BCUT2D eigenvalue weighted by atomic mass is 32.3. The van der Waals surface area contributed by atoms with Crippen molar-refractivity contribution in [1.82, 2.24) is 4.98 Å². The van der Waals surface area contributed by atoms with Gasteiger partial charge in [-0.05, 0) is 42.8 Å². The Morgan fingerprint density at radius 3 is 2.67 bits per heavy atom. The number of hydrogen-bond donors (Lipinski definition) is 0. The molecule has 3 aromatic rings. The fraction of sp³-hybridized carbons (Fsp3) is 0.118. The van der Waals surface area contributed by atoms with Gasteiger partial charge in [-0.25, -0.2) is 0 Å². The molecule has 0 spiro atoms. The molecular formula is C17H13NO5S. The van der Waals surface area contributed by atoms with Crippen molar-refractivity contribution >= 4 is 21.3 Å². The Balaban J connectivity index is 1.99. The molecule has 0 atom stereocenters. The van der Waals surface area contributed by atoms with Crippen molar-refractivity contribution in [2.24, 2.45) is 0 Å². The van der Waals surface area contributed by atoms with E-state index in [2.05, 4.69) is 4.98 Å². The molecule has 0 unspecified atom stereocenters. The van der Waals surface area contributed by atoms with Crippen molar-refractivity contribution in [3.05, 3.63) is 48.2 Å². The molecule has 1 aliphatic heterocycles. The number of aromatic nitrogens is 1. The highest BCUT2D eigenvalue weighted by Gasteiger charge is 2.29. The summed E-state index contributed by atoms with van der Waals surface area (Å²) in [5.41, 5.74) is 2.88. The van der Waals surface area contributed by atoms with E-state index in [4.69, 9.17) is 13.1 Å². The van der Waals surface area contributed by atoms with Gasteiger partial charge >= 0.3 is 10.4 Å². The molecular weight excluding hydrogens is 330 g/mol. The standard InChI is InChI=1S/C17H13NO5S/c1-10-16-6-5-14(17(10)23-24(19,20)22-16)12-7-8-18-15-9-11(21-2)3-4-13(12)15/h3-9H,1-2H3. The minimum atomic E-state index is -4.08. The third-order valence-corrected chi connectivity index (χ3v) is 4.73. The Morgan fingerprint density at radius 1 is 1.04 bits per heavy atom. The van der Waals surface area contributed by atoms with Crippen molar-refractivity contribution in [3.63, 3.8) is 0 Å². The van der Waals surface area contributed by atoms with Crippen LogP contribution in [0.1, 0.15) is 5.56 Å². The van der Waals surface area contributed by atoms with Gasteiger partial charge in [0.1, 0.15) is 5.75 Å². The van der Waals surface area contributed by atoms with Crippen LogP contribution in [0.3, 0.4) is 0 Å². The third kappa shape index (κ3) is 2.25. The molecule has 24 heavy (non-hydrogen) atoms. The van der Waals surface area contributed by atoms with E-state index in [1.165, 1.54) is 0 Å². The Bertz CT molecular complexity index is 1080. The van der Waals surface area contributed by atoms with Gasteiger partial charge in [-0.3, -0.25) is 4.98 Å². The Hall–Kier alpha value is -2.80. The van der Waals surface area contributed by atoms with Crippen molar-refractivity contribution in [1.29, 1.82) is 0 Å². The number of ether oxygens (including phenoxy) is 1. The highest BCUT2D eigenvalue weighted by Crippen LogP contribution is 2.44. The zero-order chi connectivity index (χ0) is 16.9. The molecule has 0 saturated carbocycles. The van der Waals surface area contributed by atoms with Crippen LogP contribution in [0.5, 0.6) is 17.2 Å². The zero-order valence-corrected chi connectivity index (χ0v) is 13.8. The fourth-order valence-electron chi connectivity index (χ4n) is 2.80. The maximum Gasteiger partial charge on any atom is 0.501 e. The van der Waals surface area contributed by atoms with Gasteiger partial charge < -0.3 is 13.1 Å². The summed E-state index contributed by atoms with van der Waals surface area (Å²) < 4.78 is 38.7. The van der Waals surface area contributed by atoms with Crippen LogP contribution < -0.4 is 13.1 Å². The molecule has 122 valence electrons. The van der Waals surface area contributed by atoms with Gasteiger partial charge in [0.2, 0.25) is 0 Å². The van der Waals surface area contributed by atoms with Gasteiger partial charge in [-0.2, -0.15) is 0 Å². The van der Waals surface area contributed by atoms with Gasteiger partial charge in [-0.1, -0.05) is 0 Å². The summed E-state index contributed by atoms with van der Waals surface area (Å²) in [6.07, 6.45) is 1.67. The van der Waals surface area contributed by atoms with Gasteiger partial charge in [0.15, 0.2) is 11.5 Å². The lowest BCUT2D eigenvalue weighted by Crippen LogP contribution is -2.22. The van der Waals surface area contributed by atoms with Crippen molar-refractivity contribution in [2.75, 3.05) is 7.11 Å². The van der Waals surface area contributed by atoms with E-state index in [1.54, 1.807) is 32.4 Å². The molecule has 2 heterocycles. The summed E-state index contributed by atoms with van der Waals surface area (Å²) in [6.45, 7) is 1.76. The first kappa shape index (κ1) is 14.8. The van der Waals surface area contributed by atoms with E-state index in [0.717, 1.165) is 16.5 Å². The number of hydrogen-bond acceptors (Lipinski definition) is 6. The van der Waals surface area contributed by atoms with E-state index in [0.29, 0.717) is 16.9 Å². The largest absolute Gasteiger partial charge is 0.501 e. The van der Waals surface area contributed by atoms with E-state index >= 15 is 0 Å². The van der Waals surface area contributed by atoms with E-state index in [1.807, 2.05) is 24.3 Å². The van der Waals surface area contributed by atoms with Gasteiger partial charge in [0, 0.05) is 28.8 Å². The molecule has 2 aromatic carbocycles. The lowest BCUT2D eigenvalue weighted by Gasteiger charge is -2.21. The maximum absolute atomic E-state index is 11.8. The van der Waals surface area contributed by atoms with Crippen LogP contribution in [0.25, 0.3) is 22.0 Å². The van der Waals surface area contributed by atoms with Crippen LogP contribution in [0, 0.1) is 6.92 Å². The smallest absolute Gasteiger partial charge is 0.497 e. The normalized spacial score (nSPS) is 14.8. The SMILES string of the molecule is COc1ccc2c(-c3ccc4c(C)c3OS(=O)(=O)O4)ccnc2c1. The minimum absolute atomic E-state index is 0.278. The molecule has 2 bridgehead atoms. The quantitative estimate of drug-likeness (QED) is 0.711. The van der Waals surface area contributed by atoms with Crippen LogP contribution in [-0.2, 0) is 10.4 Å². The Kier molecular flexibility index (Phi) is 3.14. The van der Waals surface area contributed by atoms with E-state index in [-0.39, 0.29) is 11.5 Å². The second-order valence-electron chi connectivity index (χ2n) is 5.38. The second kappa shape index (κ2) is 5.10. The average Bonchev–Trinajstić information content (AvgIpc) is 2.56. The first-order valence-electron chi connectivity index (χ1n) is 7.19. The number of pyridine rings is 1. The van der Waals surface area contributed by atoms with Crippen molar-refractivity contribution < 1.29 is 21.5 Å². The Labute approximate surface area is 138 Å². The summed E-state index contributed by atoms with van der Waals surface area (Å²) >= 11 is 0. The third-order valence-electron chi connectivity index (χ3n) is 3.97. The van der Waals surface area contributed by atoms with Crippen LogP contribution in [0.4, 0.5) is 0 Å². The summed E-state index contributed by atoms with van der Waals surface area (Å²) in [4.78, 5) is 4.35. The van der Waals surface area contributed by atoms with Crippen molar-refractivity contribution in [2.45, 2.75) is 6.92 Å². The molecule has 1 aliphatic rings. The number of benzene rings is 2. The molecule has 0 saturated heterocycles. The molecule has 0 fully saturated rings. The summed E-state index contributed by atoms with van der Waals surface area (Å²) in [6, 6.07) is 10.8. The lowest BCUT2D eigenvalue weighted by atomic mass is 9.98. The molecule has 0 aliphatic carbocycles. The van der Waals surface area contributed by atoms with Gasteiger partial charge in [-0.15, -0.1) is 8.42 Å². The molecule has 0 N–H and O–H groups in total. The predicted molar refractivity (Wildman–Crippen MR) is 88.6 cm³/mol. The van der Waals surface area contributed by atoms with Crippen molar-refractivity contribution in [3.8, 4) is 28.4 Å². The van der Waals surface area contributed by atoms with E-state index < -0.39 is 10.4 Å². The Morgan fingerprint density at radius 2 is 1.88 bits per heavy atom. The van der Waals surface area contributed by atoms with Crippen LogP contribution in [-0.4, -0.2) is 20.5 Å². The number of rotatable bonds is 2. The lowest BCUT2D eigenvalue weighted by molar-refractivity contribution is 0.375. The summed E-state index contributed by atoms with van der Waals surface area (Å²) in [5.74, 6) is 1.26. The molecule has 7 heteroatoms. The van der Waals surface area contributed by atoms with Gasteiger partial charge in [0.05, 0.1) is 12.6 Å². The van der Waals surface area contributed by atoms with E-state index in [9.17, 15) is 8.42 Å². The number of fused-ring (bicyclic) bond motifs is 3. The number of nitrogens with zero attached hydrogens (tertiary/aromatic N) is 1. The summed E-state index contributed by atoms with van der Waals surface area (Å²) in [7, 11) is -2.49. The molecule has 1 aromatic heterocycles. The highest BCUT2D eigenvalue weighted by molar-refractivity contribution is 7.82. The first-order valence-corrected chi connectivity index (χ1v) is 8.52. The maximum atomic E-state index is 11.8. The zero-order valence-electron chi connectivity index (χ0n) is 12.9.